The van der Waals surface area contributed by atoms with Crippen LogP contribution in [0.1, 0.15) is 49.5 Å². The lowest BCUT2D eigenvalue weighted by molar-refractivity contribution is -0.140. The van der Waals surface area contributed by atoms with Crippen LogP contribution in [-0.4, -0.2) is 132 Å². The van der Waals surface area contributed by atoms with Gasteiger partial charge in [0.1, 0.15) is 12.6 Å². The number of carbonyl (C=O) groups is 5. The highest BCUT2D eigenvalue weighted by atomic mass is 16.6. The number of rotatable bonds is 13. The SMILES string of the molecule is CCOCCOC(=O)N1CCN(C(=O)CNC(=O)c2cc(OCC(=O)N3CCC[C@H]3C(=O)NC3CCC3)n(-c3ccccc3)n2)CC1. The molecule has 5 amide bonds. The number of aromatic nitrogens is 2. The number of nitrogens with one attached hydrogen (secondary N) is 2. The Hall–Kier alpha value is -4.66. The molecule has 1 aromatic heterocycles. The third kappa shape index (κ3) is 8.78. The maximum absolute atomic E-state index is 13.2. The first-order valence-electron chi connectivity index (χ1n) is 16.3. The van der Waals surface area contributed by atoms with Gasteiger partial charge in [0.15, 0.2) is 12.3 Å². The smallest absolute Gasteiger partial charge is 0.409 e. The predicted octanol–water partition coefficient (Wildman–Crippen LogP) is 0.958. The van der Waals surface area contributed by atoms with Gasteiger partial charge in [0.25, 0.3) is 11.8 Å². The highest BCUT2D eigenvalue weighted by Gasteiger charge is 2.36. The van der Waals surface area contributed by atoms with Crippen LogP contribution in [0.3, 0.4) is 0 Å². The summed E-state index contributed by atoms with van der Waals surface area (Å²) in [6.07, 6.45) is 3.92. The van der Waals surface area contributed by atoms with E-state index in [-0.39, 0.29) is 55.1 Å². The molecule has 0 unspecified atom stereocenters. The molecular formula is C32H43N7O8. The number of carbonyl (C=O) groups excluding carboxylic acids is 5. The molecule has 3 fully saturated rings. The van der Waals surface area contributed by atoms with Gasteiger partial charge < -0.3 is 39.5 Å². The maximum atomic E-state index is 13.2. The molecule has 2 aromatic rings. The standard InChI is InChI=1S/C32H43N7O8/c1-2-45-18-19-46-32(44)37-16-14-36(15-17-37)27(40)21-33-30(42)25-20-29(39(35-25)24-10-4-3-5-11-24)47-22-28(41)38-13-7-12-26(38)31(43)34-23-8-6-9-23/h3-5,10-11,20,23,26H,2,6-9,12-19,21-22H2,1H3,(H,33,42)(H,34,43)/t26-/m0/s1. The number of benzene rings is 1. The van der Waals surface area contributed by atoms with Crippen molar-refractivity contribution in [3.05, 3.63) is 42.1 Å². The molecule has 2 aliphatic heterocycles. The molecule has 1 atom stereocenters. The summed E-state index contributed by atoms with van der Waals surface area (Å²) in [6, 6.07) is 10.1. The molecule has 2 N–H and O–H groups in total. The van der Waals surface area contributed by atoms with Crippen molar-refractivity contribution in [1.82, 2.24) is 35.1 Å². The molecule has 0 radical (unpaired) electrons. The molecule has 3 heterocycles. The average Bonchev–Trinajstić information content (AvgIpc) is 3.75. The fraction of sp³-hybridized carbons (Fsp3) is 0.562. The van der Waals surface area contributed by atoms with Gasteiger partial charge in [-0.05, 0) is 51.2 Å². The monoisotopic (exact) mass is 653 g/mol. The van der Waals surface area contributed by atoms with E-state index in [1.54, 1.807) is 34.1 Å². The lowest BCUT2D eigenvalue weighted by Crippen LogP contribution is -2.52. The number of ether oxygens (including phenoxy) is 3. The van der Waals surface area contributed by atoms with Crippen molar-refractivity contribution in [3.8, 4) is 11.6 Å². The summed E-state index contributed by atoms with van der Waals surface area (Å²) in [6.45, 7) is 4.02. The van der Waals surface area contributed by atoms with Gasteiger partial charge in [-0.2, -0.15) is 5.10 Å². The van der Waals surface area contributed by atoms with Crippen LogP contribution in [0, 0.1) is 0 Å². The number of likely N-dealkylation sites (tertiary alicyclic amines) is 1. The van der Waals surface area contributed by atoms with Crippen molar-refractivity contribution in [3.63, 3.8) is 0 Å². The number of para-hydroxylation sites is 1. The molecule has 1 saturated carbocycles. The summed E-state index contributed by atoms with van der Waals surface area (Å²) < 4.78 is 17.7. The number of hydrogen-bond donors (Lipinski definition) is 2. The van der Waals surface area contributed by atoms with Crippen molar-refractivity contribution in [2.75, 3.05) is 65.7 Å². The molecule has 0 bridgehead atoms. The average molecular weight is 654 g/mol. The molecule has 1 aliphatic carbocycles. The van der Waals surface area contributed by atoms with E-state index in [4.69, 9.17) is 14.2 Å². The lowest BCUT2D eigenvalue weighted by atomic mass is 9.93. The summed E-state index contributed by atoms with van der Waals surface area (Å²) in [4.78, 5) is 68.8. The van der Waals surface area contributed by atoms with E-state index < -0.39 is 18.0 Å². The van der Waals surface area contributed by atoms with E-state index in [0.29, 0.717) is 58.0 Å². The van der Waals surface area contributed by atoms with Gasteiger partial charge in [-0.25, -0.2) is 9.48 Å². The largest absolute Gasteiger partial charge is 0.467 e. The summed E-state index contributed by atoms with van der Waals surface area (Å²) >= 11 is 0. The molecule has 254 valence electrons. The third-order valence-electron chi connectivity index (χ3n) is 8.53. The first kappa shape index (κ1) is 33.7. The van der Waals surface area contributed by atoms with Crippen molar-refractivity contribution in [2.45, 2.75) is 51.1 Å². The Balaban J connectivity index is 1.14. The fourth-order valence-corrected chi connectivity index (χ4v) is 5.66. The van der Waals surface area contributed by atoms with Crippen LogP contribution in [0.2, 0.25) is 0 Å². The predicted molar refractivity (Wildman–Crippen MR) is 168 cm³/mol. The lowest BCUT2D eigenvalue weighted by Gasteiger charge is -2.34. The van der Waals surface area contributed by atoms with Crippen LogP contribution in [-0.2, 0) is 23.9 Å². The van der Waals surface area contributed by atoms with Gasteiger partial charge in [-0.3, -0.25) is 19.2 Å². The Morgan fingerprint density at radius 2 is 1.64 bits per heavy atom. The Bertz CT molecular complexity index is 1410. The minimum absolute atomic E-state index is 0.00245. The van der Waals surface area contributed by atoms with Gasteiger partial charge in [0.2, 0.25) is 17.7 Å². The number of nitrogens with zero attached hydrogens (tertiary/aromatic N) is 5. The van der Waals surface area contributed by atoms with E-state index in [2.05, 4.69) is 15.7 Å². The first-order valence-corrected chi connectivity index (χ1v) is 16.3. The van der Waals surface area contributed by atoms with E-state index in [1.807, 2.05) is 13.0 Å². The van der Waals surface area contributed by atoms with E-state index in [1.165, 1.54) is 15.6 Å². The molecule has 3 aliphatic rings. The van der Waals surface area contributed by atoms with Crippen molar-refractivity contribution < 1.29 is 38.2 Å². The third-order valence-corrected chi connectivity index (χ3v) is 8.53. The van der Waals surface area contributed by atoms with Gasteiger partial charge in [-0.15, -0.1) is 0 Å². The molecule has 47 heavy (non-hydrogen) atoms. The minimum atomic E-state index is -0.590. The van der Waals surface area contributed by atoms with Crippen LogP contribution in [0.15, 0.2) is 36.4 Å². The number of hydrogen-bond acceptors (Lipinski definition) is 9. The van der Waals surface area contributed by atoms with Crippen LogP contribution >= 0.6 is 0 Å². The summed E-state index contributed by atoms with van der Waals surface area (Å²) in [5, 5.41) is 10.1. The first-order chi connectivity index (χ1) is 22.8. The van der Waals surface area contributed by atoms with Gasteiger partial charge in [0, 0.05) is 51.4 Å². The molecule has 2 saturated heterocycles. The zero-order valence-corrected chi connectivity index (χ0v) is 26.7. The fourth-order valence-electron chi connectivity index (χ4n) is 5.66. The number of amides is 5. The van der Waals surface area contributed by atoms with Crippen LogP contribution in [0.25, 0.3) is 5.69 Å². The van der Waals surface area contributed by atoms with Crippen molar-refractivity contribution >= 4 is 29.7 Å². The molecule has 15 heteroatoms. The Kier molecular flexibility index (Phi) is 11.7. The van der Waals surface area contributed by atoms with Crippen LogP contribution in [0.5, 0.6) is 5.88 Å². The highest BCUT2D eigenvalue weighted by molar-refractivity contribution is 5.95. The summed E-state index contributed by atoms with van der Waals surface area (Å²) in [7, 11) is 0. The van der Waals surface area contributed by atoms with Crippen LogP contribution < -0.4 is 15.4 Å². The van der Waals surface area contributed by atoms with Crippen molar-refractivity contribution in [2.24, 2.45) is 0 Å². The molecule has 1 aromatic carbocycles. The van der Waals surface area contributed by atoms with Crippen molar-refractivity contribution in [1.29, 1.82) is 0 Å². The van der Waals surface area contributed by atoms with E-state index in [9.17, 15) is 24.0 Å². The minimum Gasteiger partial charge on any atom is -0.467 e. The topological polar surface area (TPSA) is 165 Å². The maximum Gasteiger partial charge on any atom is 0.409 e. The molecule has 0 spiro atoms. The van der Waals surface area contributed by atoms with E-state index >= 15 is 0 Å². The van der Waals surface area contributed by atoms with E-state index in [0.717, 1.165) is 25.7 Å². The molecule has 5 rings (SSSR count). The normalized spacial score (nSPS) is 18.0. The Morgan fingerprint density at radius 1 is 0.894 bits per heavy atom. The zero-order valence-electron chi connectivity index (χ0n) is 26.7. The van der Waals surface area contributed by atoms with Gasteiger partial charge >= 0.3 is 6.09 Å². The van der Waals surface area contributed by atoms with Crippen LogP contribution in [0.4, 0.5) is 4.79 Å². The van der Waals surface area contributed by atoms with Gasteiger partial charge in [0.05, 0.1) is 18.8 Å². The zero-order chi connectivity index (χ0) is 33.2. The summed E-state index contributed by atoms with van der Waals surface area (Å²) in [5.41, 5.74) is 0.612. The highest BCUT2D eigenvalue weighted by Crippen LogP contribution is 2.23. The van der Waals surface area contributed by atoms with Gasteiger partial charge in [-0.1, -0.05) is 18.2 Å². The molecular weight excluding hydrogens is 610 g/mol. The second-order valence-electron chi connectivity index (χ2n) is 11.6. The second-order valence-corrected chi connectivity index (χ2v) is 11.6. The Morgan fingerprint density at radius 3 is 2.34 bits per heavy atom. The quantitative estimate of drug-likeness (QED) is 0.300. The second kappa shape index (κ2) is 16.3. The summed E-state index contributed by atoms with van der Waals surface area (Å²) in [5.74, 6) is -1.17. The Labute approximate surface area is 273 Å². The number of piperazine rings is 1. The molecule has 15 nitrogen and oxygen atoms in total.